The van der Waals surface area contributed by atoms with Crippen LogP contribution in [0.3, 0.4) is 0 Å². The molecule has 0 aliphatic carbocycles. The number of nitrogen functional groups attached to an aromatic ring is 1. The Kier molecular flexibility index (Phi) is 2.42. The maximum atomic E-state index is 5.70. The number of aryl methyl sites for hydroxylation is 1. The maximum absolute atomic E-state index is 5.70. The highest BCUT2D eigenvalue weighted by atomic mass is 35.5. The first-order valence-corrected chi connectivity index (χ1v) is 4.48. The summed E-state index contributed by atoms with van der Waals surface area (Å²) in [6.45, 7) is 0. The van der Waals surface area contributed by atoms with Crippen LogP contribution in [-0.2, 0) is 7.05 Å². The van der Waals surface area contributed by atoms with Gasteiger partial charge in [0.05, 0.1) is 0 Å². The molecule has 2 rings (SSSR count). The van der Waals surface area contributed by atoms with E-state index >= 15 is 0 Å². The van der Waals surface area contributed by atoms with Crippen molar-refractivity contribution in [2.45, 2.75) is 0 Å². The first-order chi connectivity index (χ1) is 7.13. The summed E-state index contributed by atoms with van der Waals surface area (Å²) in [4.78, 5) is 7.79. The summed E-state index contributed by atoms with van der Waals surface area (Å²) >= 11 is 5.70. The highest BCUT2D eigenvalue weighted by Crippen LogP contribution is 2.20. The van der Waals surface area contributed by atoms with Gasteiger partial charge in [-0.05, 0) is 6.07 Å². The minimum absolute atomic E-state index is 0.201. The summed E-state index contributed by atoms with van der Waals surface area (Å²) in [5, 5.41) is 4.19. The van der Waals surface area contributed by atoms with Crippen molar-refractivity contribution in [3.8, 4) is 11.9 Å². The molecule has 0 saturated heterocycles. The van der Waals surface area contributed by atoms with Crippen LogP contribution in [0.25, 0.3) is 0 Å². The van der Waals surface area contributed by atoms with Crippen molar-refractivity contribution in [1.82, 2.24) is 19.7 Å². The van der Waals surface area contributed by atoms with E-state index in [9.17, 15) is 0 Å². The Bertz CT molecular complexity index is 463. The predicted molar refractivity (Wildman–Crippen MR) is 54.7 cm³/mol. The molecular formula is C8H8ClN5O. The minimum atomic E-state index is 0.201. The van der Waals surface area contributed by atoms with Crippen molar-refractivity contribution in [2.24, 2.45) is 7.05 Å². The Morgan fingerprint density at radius 3 is 2.87 bits per heavy atom. The predicted octanol–water partition coefficient (Wildman–Crippen LogP) is 1.24. The molecule has 6 nitrogen and oxygen atoms in total. The SMILES string of the molecule is Cn1cnc(Oc2cc(N)cc(Cl)n2)n1. The van der Waals surface area contributed by atoms with Gasteiger partial charge >= 0.3 is 6.01 Å². The van der Waals surface area contributed by atoms with Crippen LogP contribution in [0.5, 0.6) is 11.9 Å². The summed E-state index contributed by atoms with van der Waals surface area (Å²) in [6, 6.07) is 3.27. The van der Waals surface area contributed by atoms with Gasteiger partial charge in [-0.15, -0.1) is 5.10 Å². The van der Waals surface area contributed by atoms with Gasteiger partial charge in [0.25, 0.3) is 0 Å². The van der Waals surface area contributed by atoms with E-state index in [-0.39, 0.29) is 17.0 Å². The molecule has 2 heterocycles. The van der Waals surface area contributed by atoms with Crippen molar-refractivity contribution < 1.29 is 4.74 Å². The smallest absolute Gasteiger partial charge is 0.342 e. The third kappa shape index (κ3) is 2.35. The van der Waals surface area contributed by atoms with Crippen LogP contribution < -0.4 is 10.5 Å². The van der Waals surface area contributed by atoms with Crippen LogP contribution >= 0.6 is 11.6 Å². The molecule has 0 radical (unpaired) electrons. The van der Waals surface area contributed by atoms with Crippen molar-refractivity contribution in [3.05, 3.63) is 23.6 Å². The third-order valence-electron chi connectivity index (χ3n) is 1.57. The first-order valence-electron chi connectivity index (χ1n) is 4.10. The Morgan fingerprint density at radius 2 is 2.27 bits per heavy atom. The molecule has 15 heavy (non-hydrogen) atoms. The normalized spacial score (nSPS) is 10.3. The Labute approximate surface area is 90.7 Å². The lowest BCUT2D eigenvalue weighted by Crippen LogP contribution is -1.94. The van der Waals surface area contributed by atoms with Gasteiger partial charge in [-0.1, -0.05) is 11.6 Å². The quantitative estimate of drug-likeness (QED) is 0.778. The summed E-state index contributed by atoms with van der Waals surface area (Å²) < 4.78 is 6.76. The van der Waals surface area contributed by atoms with E-state index in [0.717, 1.165) is 0 Å². The van der Waals surface area contributed by atoms with Gasteiger partial charge in [-0.25, -0.2) is 4.98 Å². The lowest BCUT2D eigenvalue weighted by Gasteiger charge is -2.01. The van der Waals surface area contributed by atoms with E-state index in [1.54, 1.807) is 13.1 Å². The topological polar surface area (TPSA) is 78.9 Å². The molecule has 2 aromatic heterocycles. The fraction of sp³-hybridized carbons (Fsp3) is 0.125. The van der Waals surface area contributed by atoms with Gasteiger partial charge in [-0.3, -0.25) is 4.68 Å². The molecule has 0 atom stereocenters. The second-order valence-corrected chi connectivity index (χ2v) is 3.25. The summed E-state index contributed by atoms with van der Waals surface area (Å²) in [7, 11) is 1.74. The van der Waals surface area contributed by atoms with Gasteiger partial charge in [0.1, 0.15) is 11.5 Å². The van der Waals surface area contributed by atoms with Crippen molar-refractivity contribution in [1.29, 1.82) is 0 Å². The monoisotopic (exact) mass is 225 g/mol. The van der Waals surface area contributed by atoms with Crippen LogP contribution in [0.2, 0.25) is 5.15 Å². The molecule has 2 aromatic rings. The number of nitrogens with zero attached hydrogens (tertiary/aromatic N) is 4. The Balaban J connectivity index is 2.24. The molecule has 78 valence electrons. The highest BCUT2D eigenvalue weighted by molar-refractivity contribution is 6.29. The summed E-state index contributed by atoms with van der Waals surface area (Å²) in [6.07, 6.45) is 1.52. The van der Waals surface area contributed by atoms with Gasteiger partial charge in [0.15, 0.2) is 0 Å². The molecule has 0 fully saturated rings. The van der Waals surface area contributed by atoms with E-state index in [2.05, 4.69) is 15.1 Å². The molecule has 0 spiro atoms. The van der Waals surface area contributed by atoms with E-state index < -0.39 is 0 Å². The summed E-state index contributed by atoms with van der Waals surface area (Å²) in [5.41, 5.74) is 6.04. The van der Waals surface area contributed by atoms with Crippen LogP contribution in [0.15, 0.2) is 18.5 Å². The van der Waals surface area contributed by atoms with Crippen molar-refractivity contribution >= 4 is 17.3 Å². The summed E-state index contributed by atoms with van der Waals surface area (Å²) in [5.74, 6) is 0.270. The van der Waals surface area contributed by atoms with Crippen LogP contribution in [-0.4, -0.2) is 19.7 Å². The second kappa shape index (κ2) is 3.74. The van der Waals surface area contributed by atoms with Crippen molar-refractivity contribution in [3.63, 3.8) is 0 Å². The minimum Gasteiger partial charge on any atom is -0.404 e. The van der Waals surface area contributed by atoms with E-state index in [4.69, 9.17) is 22.1 Å². The van der Waals surface area contributed by atoms with E-state index in [1.165, 1.54) is 17.1 Å². The van der Waals surface area contributed by atoms with Crippen LogP contribution in [0.4, 0.5) is 5.69 Å². The molecule has 7 heteroatoms. The second-order valence-electron chi connectivity index (χ2n) is 2.86. The Morgan fingerprint density at radius 1 is 1.47 bits per heavy atom. The molecule has 0 aliphatic heterocycles. The molecule has 0 unspecified atom stereocenters. The third-order valence-corrected chi connectivity index (χ3v) is 1.76. The van der Waals surface area contributed by atoms with Gasteiger partial charge < -0.3 is 10.5 Å². The largest absolute Gasteiger partial charge is 0.404 e. The maximum Gasteiger partial charge on any atom is 0.342 e. The molecule has 0 aromatic carbocycles. The van der Waals surface area contributed by atoms with E-state index in [1.807, 2.05) is 0 Å². The number of anilines is 1. The lowest BCUT2D eigenvalue weighted by atomic mass is 10.4. The molecule has 0 aliphatic rings. The highest BCUT2D eigenvalue weighted by Gasteiger charge is 2.05. The zero-order valence-corrected chi connectivity index (χ0v) is 8.64. The van der Waals surface area contributed by atoms with Crippen molar-refractivity contribution in [2.75, 3.05) is 5.73 Å². The number of hydrogen-bond donors (Lipinski definition) is 1. The molecular weight excluding hydrogens is 218 g/mol. The van der Waals surface area contributed by atoms with Gasteiger partial charge in [0.2, 0.25) is 5.88 Å². The fourth-order valence-corrected chi connectivity index (χ4v) is 1.21. The average molecular weight is 226 g/mol. The number of pyridine rings is 1. The fourth-order valence-electron chi connectivity index (χ4n) is 1.00. The zero-order valence-electron chi connectivity index (χ0n) is 7.88. The first kappa shape index (κ1) is 9.72. The molecule has 2 N–H and O–H groups in total. The van der Waals surface area contributed by atoms with Crippen LogP contribution in [0.1, 0.15) is 0 Å². The Hall–Kier alpha value is -1.82. The number of rotatable bonds is 2. The number of aromatic nitrogens is 4. The van der Waals surface area contributed by atoms with E-state index in [0.29, 0.717) is 5.69 Å². The zero-order chi connectivity index (χ0) is 10.8. The number of hydrogen-bond acceptors (Lipinski definition) is 5. The molecule has 0 saturated carbocycles. The van der Waals surface area contributed by atoms with Gasteiger partial charge in [-0.2, -0.15) is 4.98 Å². The molecule has 0 amide bonds. The number of halogens is 1. The van der Waals surface area contributed by atoms with Gasteiger partial charge in [0, 0.05) is 18.8 Å². The number of nitrogens with two attached hydrogens (primary N) is 1. The average Bonchev–Trinajstić information content (AvgIpc) is 2.49. The number of ether oxygens (including phenoxy) is 1. The lowest BCUT2D eigenvalue weighted by molar-refractivity contribution is 0.423. The standard InChI is InChI=1S/C8H8ClN5O/c1-14-4-11-8(13-14)15-7-3-5(10)2-6(9)12-7/h2-4H,1H3,(H2,10,12). The van der Waals surface area contributed by atoms with Crippen LogP contribution in [0, 0.1) is 0 Å². The molecule has 0 bridgehead atoms.